The lowest BCUT2D eigenvalue weighted by atomic mass is 10.2. The summed E-state index contributed by atoms with van der Waals surface area (Å²) in [6.45, 7) is 2.68. The van der Waals surface area contributed by atoms with Gasteiger partial charge in [0.05, 0.1) is 12.5 Å². The molecule has 0 saturated carbocycles. The third-order valence-electron chi connectivity index (χ3n) is 4.30. The number of nitrogens with zero attached hydrogens (tertiary/aromatic N) is 1. The molecule has 0 aliphatic carbocycles. The molecule has 2 rings (SSSR count). The quantitative estimate of drug-likeness (QED) is 0.442. The van der Waals surface area contributed by atoms with Crippen LogP contribution < -0.4 is 10.6 Å². The zero-order valence-electron chi connectivity index (χ0n) is 15.8. The van der Waals surface area contributed by atoms with Crippen molar-refractivity contribution in [2.75, 3.05) is 0 Å². The van der Waals surface area contributed by atoms with Crippen LogP contribution in [0.2, 0.25) is 0 Å². The molecule has 0 unspecified atom stereocenters. The Bertz CT molecular complexity index is 979. The largest absolute Gasteiger partial charge is 0.481 e. The Kier molecular flexibility index (Phi) is 6.71. The van der Waals surface area contributed by atoms with Crippen LogP contribution in [0.15, 0.2) is 30.3 Å². The van der Waals surface area contributed by atoms with E-state index in [1.807, 2.05) is 0 Å². The summed E-state index contributed by atoms with van der Waals surface area (Å²) in [4.78, 5) is 57.8. The van der Waals surface area contributed by atoms with Gasteiger partial charge in [0.2, 0.25) is 5.91 Å². The van der Waals surface area contributed by atoms with Crippen molar-refractivity contribution >= 4 is 40.4 Å². The van der Waals surface area contributed by atoms with E-state index >= 15 is 0 Å². The molecule has 1 aromatic carbocycles. The molecule has 0 saturated heterocycles. The van der Waals surface area contributed by atoms with Crippen LogP contribution in [0, 0.1) is 0 Å². The summed E-state index contributed by atoms with van der Waals surface area (Å²) < 4.78 is 1.56. The first kappa shape index (κ1) is 21.6. The number of carboxylic acid groups (broad SMARTS) is 2. The molecule has 0 bridgehead atoms. The van der Waals surface area contributed by atoms with Crippen LogP contribution in [-0.4, -0.2) is 56.4 Å². The first-order valence-electron chi connectivity index (χ1n) is 8.80. The maximum Gasteiger partial charge on any atom is 0.374 e. The zero-order chi connectivity index (χ0) is 21.7. The minimum atomic E-state index is -1.67. The fraction of sp³-hybridized carbons (Fsp3) is 0.316. The van der Waals surface area contributed by atoms with Gasteiger partial charge in [0, 0.05) is 17.4 Å². The summed E-state index contributed by atoms with van der Waals surface area (Å²) in [6.07, 6.45) is -0.191. The number of carboxylic acids is 2. The standard InChI is InChI=1S/C19H21N3O7/c1-10(16(25)19(28)29)20-17(26)11(2)21-18(27)14-9-12-5-3-4-6-13(12)22(14)8-7-15(23)24/h3-6,9-11H,7-8H2,1-2H3,(H,20,26)(H,21,27)(H,23,24)(H,28,29)/t10-,11-/m0/s1. The van der Waals surface area contributed by atoms with Gasteiger partial charge in [0.25, 0.3) is 11.7 Å². The molecule has 154 valence electrons. The molecule has 29 heavy (non-hydrogen) atoms. The number of aryl methyl sites for hydroxylation is 1. The van der Waals surface area contributed by atoms with E-state index in [-0.39, 0.29) is 18.7 Å². The van der Waals surface area contributed by atoms with Crippen molar-refractivity contribution in [1.29, 1.82) is 0 Å². The third-order valence-corrected chi connectivity index (χ3v) is 4.30. The monoisotopic (exact) mass is 403 g/mol. The Morgan fingerprint density at radius 2 is 1.66 bits per heavy atom. The van der Waals surface area contributed by atoms with Crippen molar-refractivity contribution < 1.29 is 34.2 Å². The molecule has 10 heteroatoms. The molecule has 4 N–H and O–H groups in total. The molecule has 1 heterocycles. The molecule has 0 radical (unpaired) electrons. The van der Waals surface area contributed by atoms with Crippen molar-refractivity contribution in [1.82, 2.24) is 15.2 Å². The van der Waals surface area contributed by atoms with Crippen molar-refractivity contribution in [2.24, 2.45) is 0 Å². The van der Waals surface area contributed by atoms with Crippen LogP contribution in [0.1, 0.15) is 30.8 Å². The summed E-state index contributed by atoms with van der Waals surface area (Å²) >= 11 is 0. The van der Waals surface area contributed by atoms with Gasteiger partial charge in [-0.15, -0.1) is 0 Å². The first-order chi connectivity index (χ1) is 13.6. The second-order valence-corrected chi connectivity index (χ2v) is 6.48. The predicted octanol–water partition coefficient (Wildman–Crippen LogP) is 0.393. The van der Waals surface area contributed by atoms with E-state index in [1.165, 1.54) is 13.8 Å². The number of amides is 2. The van der Waals surface area contributed by atoms with E-state index in [4.69, 9.17) is 10.2 Å². The van der Waals surface area contributed by atoms with E-state index in [0.29, 0.717) is 5.52 Å². The van der Waals surface area contributed by atoms with Crippen molar-refractivity contribution in [3.63, 3.8) is 0 Å². The maximum atomic E-state index is 12.7. The normalized spacial score (nSPS) is 12.8. The molecule has 0 aliphatic rings. The smallest absolute Gasteiger partial charge is 0.374 e. The molecule has 2 atom stereocenters. The number of hydrogen-bond acceptors (Lipinski definition) is 5. The molecule has 0 fully saturated rings. The van der Waals surface area contributed by atoms with Gasteiger partial charge in [-0.25, -0.2) is 4.79 Å². The lowest BCUT2D eigenvalue weighted by Gasteiger charge is -2.17. The predicted molar refractivity (Wildman–Crippen MR) is 101 cm³/mol. The highest BCUT2D eigenvalue weighted by Gasteiger charge is 2.26. The number of fused-ring (bicyclic) bond motifs is 1. The first-order valence-corrected chi connectivity index (χ1v) is 8.80. The highest BCUT2D eigenvalue weighted by Crippen LogP contribution is 2.20. The van der Waals surface area contributed by atoms with Gasteiger partial charge in [-0.05, 0) is 26.0 Å². The molecule has 2 aromatic rings. The second kappa shape index (κ2) is 9.00. The van der Waals surface area contributed by atoms with Crippen LogP contribution in [-0.2, 0) is 25.7 Å². The lowest BCUT2D eigenvalue weighted by Crippen LogP contribution is -2.50. The van der Waals surface area contributed by atoms with Gasteiger partial charge < -0.3 is 25.4 Å². The van der Waals surface area contributed by atoms with Gasteiger partial charge >= 0.3 is 11.9 Å². The fourth-order valence-electron chi connectivity index (χ4n) is 2.77. The summed E-state index contributed by atoms with van der Waals surface area (Å²) in [6, 6.07) is 6.36. The summed E-state index contributed by atoms with van der Waals surface area (Å²) in [5, 5.41) is 23.1. The van der Waals surface area contributed by atoms with E-state index in [2.05, 4.69) is 10.6 Å². The number of aliphatic carboxylic acids is 2. The Labute approximate surface area is 165 Å². The van der Waals surface area contributed by atoms with E-state index < -0.39 is 41.6 Å². The Balaban J connectivity index is 2.17. The number of ketones is 1. The molecule has 2 amide bonds. The van der Waals surface area contributed by atoms with Gasteiger partial charge in [0.1, 0.15) is 11.7 Å². The van der Waals surface area contributed by atoms with E-state index in [0.717, 1.165) is 5.39 Å². The van der Waals surface area contributed by atoms with Crippen molar-refractivity contribution in [3.8, 4) is 0 Å². The van der Waals surface area contributed by atoms with Crippen LogP contribution in [0.5, 0.6) is 0 Å². The second-order valence-electron chi connectivity index (χ2n) is 6.48. The highest BCUT2D eigenvalue weighted by atomic mass is 16.4. The minimum absolute atomic E-state index is 0.0658. The fourth-order valence-corrected chi connectivity index (χ4v) is 2.77. The number of rotatable bonds is 9. The Hall–Kier alpha value is -3.69. The van der Waals surface area contributed by atoms with E-state index in [1.54, 1.807) is 34.9 Å². The highest BCUT2D eigenvalue weighted by molar-refractivity contribution is 6.35. The van der Waals surface area contributed by atoms with Crippen LogP contribution in [0.3, 0.4) is 0 Å². The summed E-state index contributed by atoms with van der Waals surface area (Å²) in [7, 11) is 0. The zero-order valence-corrected chi connectivity index (χ0v) is 15.8. The van der Waals surface area contributed by atoms with Crippen molar-refractivity contribution in [2.45, 2.75) is 38.9 Å². The molecule has 0 aliphatic heterocycles. The van der Waals surface area contributed by atoms with Crippen LogP contribution in [0.25, 0.3) is 10.9 Å². The summed E-state index contributed by atoms with van der Waals surface area (Å²) in [5.74, 6) is -5.19. The average molecular weight is 403 g/mol. The molecular weight excluding hydrogens is 382 g/mol. The Morgan fingerprint density at radius 3 is 2.28 bits per heavy atom. The van der Waals surface area contributed by atoms with Gasteiger partial charge in [-0.1, -0.05) is 18.2 Å². The Morgan fingerprint density at radius 1 is 1.00 bits per heavy atom. The topological polar surface area (TPSA) is 155 Å². The maximum absolute atomic E-state index is 12.7. The minimum Gasteiger partial charge on any atom is -0.481 e. The van der Waals surface area contributed by atoms with Crippen molar-refractivity contribution in [3.05, 3.63) is 36.0 Å². The molecule has 0 spiro atoms. The number of Topliss-reactive ketones (excluding diaryl/α,β-unsaturated/α-hetero) is 1. The number of aromatic nitrogens is 1. The van der Waals surface area contributed by atoms with Gasteiger partial charge in [-0.2, -0.15) is 0 Å². The van der Waals surface area contributed by atoms with Gasteiger partial charge in [0.15, 0.2) is 0 Å². The number of nitrogens with one attached hydrogen (secondary N) is 2. The molecule has 1 aromatic heterocycles. The third kappa shape index (κ3) is 5.18. The van der Waals surface area contributed by atoms with Gasteiger partial charge in [-0.3, -0.25) is 19.2 Å². The SMILES string of the molecule is C[C@H](NC(=O)c1cc2ccccc2n1CCC(=O)O)C(=O)N[C@@H](C)C(=O)C(=O)O. The molecule has 10 nitrogen and oxygen atoms in total. The van der Waals surface area contributed by atoms with Crippen LogP contribution in [0.4, 0.5) is 0 Å². The lowest BCUT2D eigenvalue weighted by molar-refractivity contribution is -0.150. The number of carbonyl (C=O) groups excluding carboxylic acids is 3. The molecular formula is C19H21N3O7. The van der Waals surface area contributed by atoms with E-state index in [9.17, 15) is 24.0 Å². The number of benzene rings is 1. The number of para-hydroxylation sites is 1. The number of hydrogen-bond donors (Lipinski definition) is 4. The average Bonchev–Trinajstić information content (AvgIpc) is 3.04. The summed E-state index contributed by atoms with van der Waals surface area (Å²) in [5.41, 5.74) is 0.860. The van der Waals surface area contributed by atoms with Crippen LogP contribution >= 0.6 is 0 Å². The number of carbonyl (C=O) groups is 5.